The minimum atomic E-state index is 0.102. The van der Waals surface area contributed by atoms with E-state index < -0.39 is 0 Å². The smallest absolute Gasteiger partial charge is 0.249 e. The minimum Gasteiger partial charge on any atom is -0.272 e. The number of rotatable bonds is 1. The highest BCUT2D eigenvalue weighted by Gasteiger charge is 2.18. The third-order valence-corrected chi connectivity index (χ3v) is 2.11. The second-order valence-corrected chi connectivity index (χ2v) is 2.52. The lowest BCUT2D eigenvalue weighted by molar-refractivity contribution is -0.123. The van der Waals surface area contributed by atoms with Crippen LogP contribution in [0.2, 0.25) is 0 Å². The molecule has 0 aromatic carbocycles. The lowest BCUT2D eigenvalue weighted by atomic mass is 10.6. The molecule has 0 aromatic rings. The van der Waals surface area contributed by atoms with Crippen LogP contribution in [0.25, 0.3) is 0 Å². The summed E-state index contributed by atoms with van der Waals surface area (Å²) in [6, 6.07) is 0. The van der Waals surface area contributed by atoms with Crippen LogP contribution in [0, 0.1) is 0 Å². The molecule has 1 amide bonds. The van der Waals surface area contributed by atoms with E-state index in [1.165, 1.54) is 12.1 Å². The topological polar surface area (TPSA) is 32.3 Å². The Labute approximate surface area is 57.5 Å². The lowest BCUT2D eigenvalue weighted by Gasteiger charge is -2.05. The van der Waals surface area contributed by atoms with Gasteiger partial charge in [-0.3, -0.25) is 9.10 Å². The van der Waals surface area contributed by atoms with Gasteiger partial charge in [0.05, 0.1) is 12.4 Å². The number of carbonyl (C=O) groups excluding carboxylic acids is 1. The first-order valence-electron chi connectivity index (χ1n) is 2.15. The summed E-state index contributed by atoms with van der Waals surface area (Å²) in [4.78, 5) is 10.6. The summed E-state index contributed by atoms with van der Waals surface area (Å²) in [5.41, 5.74) is 0. The van der Waals surface area contributed by atoms with Crippen LogP contribution in [0.3, 0.4) is 0 Å². The van der Waals surface area contributed by atoms with Crippen molar-refractivity contribution in [1.82, 2.24) is 9.03 Å². The maximum atomic E-state index is 10.6. The van der Waals surface area contributed by atoms with Gasteiger partial charge in [0.15, 0.2) is 0 Å². The summed E-state index contributed by atoms with van der Waals surface area (Å²) in [5, 5.41) is 0. The van der Waals surface area contributed by atoms with Crippen molar-refractivity contribution in [3.8, 4) is 0 Å². The average molecular weight is 150 g/mol. The summed E-state index contributed by atoms with van der Waals surface area (Å²) in [7, 11) is 0. The molecule has 3 nitrogen and oxygen atoms in total. The van der Waals surface area contributed by atoms with E-state index in [0.29, 0.717) is 12.4 Å². The molecule has 8 heavy (non-hydrogen) atoms. The number of hydrogen-bond acceptors (Lipinski definition) is 4. The van der Waals surface area contributed by atoms with E-state index in [4.69, 9.17) is 0 Å². The number of hydrogen-bond donors (Lipinski definition) is 2. The molecule has 0 spiro atoms. The van der Waals surface area contributed by atoms with Crippen molar-refractivity contribution in [2.45, 2.75) is 0 Å². The van der Waals surface area contributed by atoms with Crippen molar-refractivity contribution in [3.05, 3.63) is 0 Å². The highest BCUT2D eigenvalue weighted by Crippen LogP contribution is 2.11. The number of nitrogens with one attached hydrogen (secondary N) is 1. The highest BCUT2D eigenvalue weighted by molar-refractivity contribution is 7.96. The van der Waals surface area contributed by atoms with Crippen LogP contribution in [-0.2, 0) is 4.79 Å². The minimum absolute atomic E-state index is 0.102. The molecule has 0 radical (unpaired) electrons. The quantitative estimate of drug-likeness (QED) is 0.403. The van der Waals surface area contributed by atoms with Crippen LogP contribution in [0.1, 0.15) is 0 Å². The molecule has 5 heteroatoms. The molecule has 1 aliphatic heterocycles. The third kappa shape index (κ3) is 1.10. The fourth-order valence-electron chi connectivity index (χ4n) is 0.419. The van der Waals surface area contributed by atoms with Crippen molar-refractivity contribution < 1.29 is 4.79 Å². The fourth-order valence-corrected chi connectivity index (χ4v) is 1.32. The van der Waals surface area contributed by atoms with Gasteiger partial charge in [-0.1, -0.05) is 0 Å². The first-order chi connectivity index (χ1) is 3.84. The van der Waals surface area contributed by atoms with E-state index in [9.17, 15) is 4.79 Å². The second-order valence-electron chi connectivity index (χ2n) is 1.33. The molecule has 1 heterocycles. The molecule has 1 rings (SSSR count). The molecule has 1 saturated heterocycles. The monoisotopic (exact) mass is 150 g/mol. The molecule has 46 valence electrons. The van der Waals surface area contributed by atoms with Gasteiger partial charge < -0.3 is 0 Å². The van der Waals surface area contributed by atoms with Crippen molar-refractivity contribution >= 4 is 30.7 Å². The van der Waals surface area contributed by atoms with Gasteiger partial charge in [0.1, 0.15) is 0 Å². The van der Waals surface area contributed by atoms with E-state index >= 15 is 0 Å². The van der Waals surface area contributed by atoms with Gasteiger partial charge in [-0.25, -0.2) is 4.72 Å². The molecular formula is C3H6N2OS2. The zero-order valence-electron chi connectivity index (χ0n) is 4.13. The Kier molecular flexibility index (Phi) is 2.04. The lowest BCUT2D eigenvalue weighted by Crippen LogP contribution is -2.18. The molecule has 1 fully saturated rings. The molecule has 0 atom stereocenters. The van der Waals surface area contributed by atoms with Gasteiger partial charge in [0.25, 0.3) is 0 Å². The van der Waals surface area contributed by atoms with Crippen LogP contribution in [0.5, 0.6) is 0 Å². The average Bonchev–Trinajstić information content (AvgIpc) is 2.14. The largest absolute Gasteiger partial charge is 0.272 e. The third-order valence-electron chi connectivity index (χ3n) is 0.805. The van der Waals surface area contributed by atoms with Gasteiger partial charge in [-0.2, -0.15) is 12.6 Å². The van der Waals surface area contributed by atoms with Crippen LogP contribution in [-0.4, -0.2) is 22.6 Å². The number of amides is 1. The maximum absolute atomic E-state index is 10.6. The van der Waals surface area contributed by atoms with Crippen LogP contribution >= 0.6 is 24.8 Å². The van der Waals surface area contributed by atoms with Crippen LogP contribution in [0.4, 0.5) is 0 Å². The van der Waals surface area contributed by atoms with Crippen molar-refractivity contribution in [2.24, 2.45) is 0 Å². The first-order valence-corrected chi connectivity index (χ1v) is 3.56. The zero-order chi connectivity index (χ0) is 5.98. The summed E-state index contributed by atoms with van der Waals surface area (Å²) in [5.74, 6) is 0.584. The Morgan fingerprint density at radius 3 is 3.00 bits per heavy atom. The predicted molar refractivity (Wildman–Crippen MR) is 36.3 cm³/mol. The normalized spacial score (nSPS) is 20.1. The van der Waals surface area contributed by atoms with E-state index in [-0.39, 0.29) is 5.91 Å². The van der Waals surface area contributed by atoms with Gasteiger partial charge in [0.2, 0.25) is 5.91 Å². The fraction of sp³-hybridized carbons (Fsp3) is 0.667. The van der Waals surface area contributed by atoms with Crippen LogP contribution in [0.15, 0.2) is 0 Å². The summed E-state index contributed by atoms with van der Waals surface area (Å²) in [6.07, 6.45) is 0. The van der Waals surface area contributed by atoms with Gasteiger partial charge in [0, 0.05) is 12.1 Å². The van der Waals surface area contributed by atoms with Crippen LogP contribution < -0.4 is 4.72 Å². The van der Waals surface area contributed by atoms with Gasteiger partial charge in [-0.15, -0.1) is 0 Å². The second kappa shape index (κ2) is 2.61. The Balaban J connectivity index is 2.42. The molecule has 0 unspecified atom stereocenters. The van der Waals surface area contributed by atoms with Gasteiger partial charge >= 0.3 is 0 Å². The predicted octanol–water partition coefficient (Wildman–Crippen LogP) is -0.131. The summed E-state index contributed by atoms with van der Waals surface area (Å²) >= 11 is 5.23. The maximum Gasteiger partial charge on any atom is 0.249 e. The molecule has 1 N–H and O–H groups in total. The molecule has 0 bridgehead atoms. The van der Waals surface area contributed by atoms with E-state index in [2.05, 4.69) is 17.4 Å². The Morgan fingerprint density at radius 1 is 2.00 bits per heavy atom. The SMILES string of the molecule is O=C1CNSN1CS. The number of carbonyl (C=O) groups is 1. The molecule has 1 aliphatic rings. The van der Waals surface area contributed by atoms with Gasteiger partial charge in [-0.05, 0) is 0 Å². The Morgan fingerprint density at radius 2 is 2.75 bits per heavy atom. The van der Waals surface area contributed by atoms with E-state index in [0.717, 1.165) is 0 Å². The standard InChI is InChI=1S/C3H6N2OS2/c6-3-1-4-8-5(3)2-7/h4,7H,1-2H2. The van der Waals surface area contributed by atoms with Crippen molar-refractivity contribution in [3.63, 3.8) is 0 Å². The summed E-state index contributed by atoms with van der Waals surface area (Å²) in [6.45, 7) is 0.436. The molecule has 0 aromatic heterocycles. The van der Waals surface area contributed by atoms with E-state index in [1.54, 1.807) is 4.31 Å². The molecule has 0 aliphatic carbocycles. The highest BCUT2D eigenvalue weighted by atomic mass is 32.2. The zero-order valence-corrected chi connectivity index (χ0v) is 5.84. The Bertz CT molecular complexity index is 107. The number of nitrogens with zero attached hydrogens (tertiary/aromatic N) is 1. The summed E-state index contributed by atoms with van der Waals surface area (Å²) < 4.78 is 4.38. The first kappa shape index (κ1) is 6.25. The van der Waals surface area contributed by atoms with Crippen molar-refractivity contribution in [2.75, 3.05) is 12.4 Å². The molecular weight excluding hydrogens is 144 g/mol. The van der Waals surface area contributed by atoms with E-state index in [1.807, 2.05) is 0 Å². The van der Waals surface area contributed by atoms with Crippen molar-refractivity contribution in [1.29, 1.82) is 0 Å². The molecule has 0 saturated carbocycles. The Hall–Kier alpha value is 0.130. The number of thiol groups is 1.